The summed E-state index contributed by atoms with van der Waals surface area (Å²) in [6, 6.07) is 19.8. The summed E-state index contributed by atoms with van der Waals surface area (Å²) in [4.78, 5) is 0.984. The molecule has 2 aliphatic rings. The van der Waals surface area contributed by atoms with E-state index in [0.29, 0.717) is 12.2 Å². The third-order valence-electron chi connectivity index (χ3n) is 5.77. The maximum absolute atomic E-state index is 12.6. The normalized spacial score (nSPS) is 16.1. The molecule has 3 aromatic carbocycles. The van der Waals surface area contributed by atoms with E-state index in [9.17, 15) is 18.6 Å². The molecule has 0 fully saturated rings. The molecular formula is C27H24IN3O4S2. The van der Waals surface area contributed by atoms with Gasteiger partial charge in [0, 0.05) is 0 Å². The summed E-state index contributed by atoms with van der Waals surface area (Å²) in [5, 5.41) is 23.4. The van der Waals surface area contributed by atoms with Gasteiger partial charge in [0.2, 0.25) is 0 Å². The summed E-state index contributed by atoms with van der Waals surface area (Å²) in [5.74, 6) is 0.233. The third-order valence-corrected chi connectivity index (χ3v) is 12.9. The van der Waals surface area contributed by atoms with Crippen molar-refractivity contribution in [3.63, 3.8) is 0 Å². The molecule has 2 aliphatic heterocycles. The van der Waals surface area contributed by atoms with Crippen LogP contribution in [0.5, 0.6) is 11.5 Å². The molecule has 0 spiro atoms. The second-order valence-electron chi connectivity index (χ2n) is 8.30. The molecular weight excluding hydrogens is 621 g/mol. The molecule has 5 rings (SSSR count). The number of hydrogen-bond donors (Lipinski definition) is 5. The number of halogens is 1. The molecule has 0 radical (unpaired) electrons. The Morgan fingerprint density at radius 3 is 2.43 bits per heavy atom. The van der Waals surface area contributed by atoms with Crippen LogP contribution >= 0.6 is 32.7 Å². The first kappa shape index (κ1) is 25.4. The van der Waals surface area contributed by atoms with Gasteiger partial charge in [0.1, 0.15) is 5.75 Å². The molecule has 2 heterocycles. The molecule has 0 amide bonds. The van der Waals surface area contributed by atoms with Crippen LogP contribution in [0.1, 0.15) is 17.5 Å². The number of hydrogen-bond acceptors (Lipinski definition) is 7. The SMILES string of the molecule is O=S(=O)(Nc1ccc(CNC2=CC(c3ccccc3O)=CCC3=C(S)C=NI23)cc1)c1ccc(O)cc1. The zero-order chi connectivity index (χ0) is 26.0. The molecule has 4 N–H and O–H groups in total. The summed E-state index contributed by atoms with van der Waals surface area (Å²) < 4.78 is 34.9. The quantitative estimate of drug-likeness (QED) is 0.124. The fourth-order valence-corrected chi connectivity index (χ4v) is 10.2. The molecule has 0 saturated carbocycles. The second-order valence-corrected chi connectivity index (χ2v) is 15.0. The van der Waals surface area contributed by atoms with E-state index in [1.807, 2.05) is 30.5 Å². The molecule has 0 saturated heterocycles. The Morgan fingerprint density at radius 1 is 0.973 bits per heavy atom. The summed E-state index contributed by atoms with van der Waals surface area (Å²) in [6.45, 7) is 0.531. The van der Waals surface area contributed by atoms with Crippen molar-refractivity contribution in [2.45, 2.75) is 17.9 Å². The van der Waals surface area contributed by atoms with Gasteiger partial charge in [-0.15, -0.1) is 0 Å². The van der Waals surface area contributed by atoms with E-state index in [4.69, 9.17) is 3.21 Å². The van der Waals surface area contributed by atoms with Crippen molar-refractivity contribution in [1.82, 2.24) is 5.32 Å². The number of benzene rings is 3. The molecule has 190 valence electrons. The number of rotatable bonds is 7. The van der Waals surface area contributed by atoms with Crippen LogP contribution in [-0.4, -0.2) is 24.8 Å². The number of phenols is 2. The van der Waals surface area contributed by atoms with Gasteiger partial charge < -0.3 is 5.11 Å². The zero-order valence-electron chi connectivity index (χ0n) is 19.5. The average molecular weight is 646 g/mol. The minimum atomic E-state index is -3.76. The first-order valence-electron chi connectivity index (χ1n) is 11.3. The number of thiol groups is 1. The van der Waals surface area contributed by atoms with Crippen molar-refractivity contribution in [2.75, 3.05) is 4.72 Å². The Bertz CT molecular complexity index is 1560. The van der Waals surface area contributed by atoms with Gasteiger partial charge in [-0.3, -0.25) is 0 Å². The van der Waals surface area contributed by atoms with E-state index in [0.717, 1.165) is 31.7 Å². The summed E-state index contributed by atoms with van der Waals surface area (Å²) in [6.07, 6.45) is 6.78. The van der Waals surface area contributed by atoms with Gasteiger partial charge in [0.15, 0.2) is 0 Å². The van der Waals surface area contributed by atoms with Gasteiger partial charge in [-0.2, -0.15) is 0 Å². The third kappa shape index (κ3) is 5.71. The van der Waals surface area contributed by atoms with E-state index in [1.54, 1.807) is 24.3 Å². The van der Waals surface area contributed by atoms with Gasteiger partial charge in [-0.1, -0.05) is 0 Å². The van der Waals surface area contributed by atoms with E-state index in [-0.39, 0.29) is 16.4 Å². The van der Waals surface area contributed by atoms with Crippen LogP contribution in [0.3, 0.4) is 0 Å². The fraction of sp³-hybridized carbons (Fsp3) is 0.0741. The maximum atomic E-state index is 12.6. The molecule has 0 unspecified atom stereocenters. The number of fused-ring (bicyclic) bond motifs is 1. The Labute approximate surface area is 228 Å². The number of sulfonamides is 1. The number of phenolic OH excluding ortho intramolecular Hbond substituents is 2. The van der Waals surface area contributed by atoms with E-state index >= 15 is 0 Å². The van der Waals surface area contributed by atoms with Crippen LogP contribution in [0.15, 0.2) is 105 Å². The number of allylic oxidation sites excluding steroid dienone is 5. The first-order chi connectivity index (χ1) is 17.8. The van der Waals surface area contributed by atoms with Crippen molar-refractivity contribution >= 4 is 60.2 Å². The molecule has 0 aromatic heterocycles. The van der Waals surface area contributed by atoms with E-state index in [1.165, 1.54) is 27.8 Å². The predicted molar refractivity (Wildman–Crippen MR) is 160 cm³/mol. The van der Waals surface area contributed by atoms with Crippen LogP contribution in [0.25, 0.3) is 5.57 Å². The summed E-state index contributed by atoms with van der Waals surface area (Å²) in [7, 11) is -3.76. The number of aromatic hydroxyl groups is 2. The Morgan fingerprint density at radius 2 is 1.70 bits per heavy atom. The number of para-hydroxylation sites is 1. The molecule has 37 heavy (non-hydrogen) atoms. The molecule has 0 atom stereocenters. The van der Waals surface area contributed by atoms with E-state index < -0.39 is 30.1 Å². The Kier molecular flexibility index (Phi) is 7.31. The van der Waals surface area contributed by atoms with Crippen LogP contribution in [0.2, 0.25) is 0 Å². The first-order valence-corrected chi connectivity index (χ1v) is 16.4. The Balaban J connectivity index is 1.33. The zero-order valence-corrected chi connectivity index (χ0v) is 23.3. The standard InChI is InChI=1S/C27H24IN3O4S2/c32-21-10-12-22(13-11-21)37(34,35)31-20-8-5-18(6-9-20)16-29-27-15-19(23-3-1-2-4-25(23)33)7-14-24-26(36)17-30-28(24)27/h1-13,15,17,29,31-33,36H,14,16H2. The molecule has 3 aromatic rings. The van der Waals surface area contributed by atoms with Crippen molar-refractivity contribution in [3.8, 4) is 11.5 Å². The van der Waals surface area contributed by atoms with Gasteiger partial charge in [0.05, 0.1) is 0 Å². The van der Waals surface area contributed by atoms with Crippen molar-refractivity contribution in [1.29, 1.82) is 0 Å². The van der Waals surface area contributed by atoms with Crippen LogP contribution in [-0.2, 0) is 16.6 Å². The van der Waals surface area contributed by atoms with Crippen molar-refractivity contribution < 1.29 is 18.6 Å². The van der Waals surface area contributed by atoms with Crippen LogP contribution in [0, 0.1) is 0 Å². The second kappa shape index (κ2) is 10.6. The van der Waals surface area contributed by atoms with Gasteiger partial charge in [0.25, 0.3) is 0 Å². The van der Waals surface area contributed by atoms with Crippen LogP contribution in [0.4, 0.5) is 5.69 Å². The Hall–Kier alpha value is -3.22. The monoisotopic (exact) mass is 645 g/mol. The van der Waals surface area contributed by atoms with Crippen LogP contribution < -0.4 is 10.0 Å². The molecule has 10 heteroatoms. The topological polar surface area (TPSA) is 111 Å². The fourth-order valence-electron chi connectivity index (χ4n) is 3.85. The van der Waals surface area contributed by atoms with E-state index in [2.05, 4.69) is 34.8 Å². The molecule has 7 nitrogen and oxygen atoms in total. The summed E-state index contributed by atoms with van der Waals surface area (Å²) >= 11 is 2.59. The van der Waals surface area contributed by atoms with Gasteiger partial charge in [-0.05, 0) is 0 Å². The predicted octanol–water partition coefficient (Wildman–Crippen LogP) is 5.96. The van der Waals surface area contributed by atoms with Crippen molar-refractivity contribution in [2.24, 2.45) is 3.21 Å². The minimum absolute atomic E-state index is 0.00252. The molecule has 0 aliphatic carbocycles. The average Bonchev–Trinajstić information content (AvgIpc) is 3.14. The number of nitrogens with one attached hydrogen (secondary N) is 2. The van der Waals surface area contributed by atoms with Gasteiger partial charge >= 0.3 is 219 Å². The number of anilines is 1. The van der Waals surface area contributed by atoms with Crippen molar-refractivity contribution in [3.05, 3.63) is 108 Å². The number of nitrogens with zero attached hydrogens (tertiary/aromatic N) is 1. The summed E-state index contributed by atoms with van der Waals surface area (Å²) in [5.41, 5.74) is 3.13. The van der Waals surface area contributed by atoms with Gasteiger partial charge in [-0.25, -0.2) is 0 Å². The molecule has 0 bridgehead atoms.